The zero-order valence-corrected chi connectivity index (χ0v) is 14.4. The van der Waals surface area contributed by atoms with Gasteiger partial charge in [-0.3, -0.25) is 14.4 Å². The normalized spacial score (nSPS) is 23.7. The van der Waals surface area contributed by atoms with Gasteiger partial charge in [-0.1, -0.05) is 0 Å². The average molecular weight is 395 g/mol. The monoisotopic (exact) mass is 395 g/mol. The molecule has 3 atom stereocenters. The molecule has 14 heteroatoms. The van der Waals surface area contributed by atoms with Gasteiger partial charge < -0.3 is 20.5 Å². The van der Waals surface area contributed by atoms with Gasteiger partial charge in [0.05, 0.1) is 6.04 Å². The number of rotatable bonds is 8. The summed E-state index contributed by atoms with van der Waals surface area (Å²) in [4.78, 5) is 46.5. The first-order valence-corrected chi connectivity index (χ1v) is 8.74. The van der Waals surface area contributed by atoms with Crippen molar-refractivity contribution < 1.29 is 45.9 Å². The number of piperidine rings is 1. The number of carbonyl (C=O) groups excluding carboxylic acids is 3. The molecule has 2 heterocycles. The number of hydrogen-bond acceptors (Lipinski definition) is 9. The minimum absolute atomic E-state index is 0.0626. The second-order valence-corrected chi connectivity index (χ2v) is 6.85. The smallest absolute Gasteiger partial charge is 0.424 e. The number of carbonyl (C=O) groups is 4. The molecule has 3 amide bonds. The van der Waals surface area contributed by atoms with E-state index in [1.54, 1.807) is 0 Å². The summed E-state index contributed by atoms with van der Waals surface area (Å²) in [6.07, 6.45) is 0.549. The molecule has 0 spiro atoms. The first kappa shape index (κ1) is 19.9. The van der Waals surface area contributed by atoms with E-state index in [9.17, 15) is 27.6 Å². The topological polar surface area (TPSA) is 183 Å². The molecule has 2 fully saturated rings. The fraction of sp³-hybridized carbons (Fsp3) is 0.667. The quantitative estimate of drug-likeness (QED) is 0.269. The summed E-state index contributed by atoms with van der Waals surface area (Å²) in [7, 11) is -4.78. The van der Waals surface area contributed by atoms with E-state index < -0.39 is 59.1 Å². The van der Waals surface area contributed by atoms with Crippen molar-refractivity contribution in [2.45, 2.75) is 31.8 Å². The third kappa shape index (κ3) is 4.20. The molecule has 3 N–H and O–H groups in total. The lowest BCUT2D eigenvalue weighted by atomic mass is 10.0. The minimum atomic E-state index is -4.78. The zero-order chi connectivity index (χ0) is 19.6. The van der Waals surface area contributed by atoms with Gasteiger partial charge in [-0.2, -0.15) is 13.5 Å². The van der Waals surface area contributed by atoms with Crippen LogP contribution in [-0.2, 0) is 38.0 Å². The van der Waals surface area contributed by atoms with Crippen molar-refractivity contribution >= 4 is 34.3 Å². The lowest BCUT2D eigenvalue weighted by molar-refractivity contribution is -0.162. The van der Waals surface area contributed by atoms with Crippen molar-refractivity contribution in [3.8, 4) is 0 Å². The average Bonchev–Trinajstić information content (AvgIpc) is 2.78. The van der Waals surface area contributed by atoms with Crippen LogP contribution in [0.25, 0.3) is 0 Å². The standard InChI is InChI=1S/C12H17N3O10S/c1-6(10(17)18)11(19)23-5-24-26(21,22)25-15-7-2-3-8(9(13)16)14(4-7)12(15)20/h6-8H,2-5H2,1H3,(H2,13,16)(H,17,18)/t6?,7-,8+/m1/s1. The predicted octanol–water partition coefficient (Wildman–Crippen LogP) is -1.85. The highest BCUT2D eigenvalue weighted by molar-refractivity contribution is 7.81. The molecule has 1 unspecified atom stereocenters. The van der Waals surface area contributed by atoms with Gasteiger partial charge in [-0.05, 0) is 19.8 Å². The summed E-state index contributed by atoms with van der Waals surface area (Å²) < 4.78 is 36.7. The van der Waals surface area contributed by atoms with Crippen molar-refractivity contribution in [3.05, 3.63) is 0 Å². The molecule has 2 aliphatic rings. The molecule has 26 heavy (non-hydrogen) atoms. The predicted molar refractivity (Wildman–Crippen MR) is 78.8 cm³/mol. The number of hydrogen-bond donors (Lipinski definition) is 2. The lowest BCUT2D eigenvalue weighted by Crippen LogP contribution is -2.47. The maximum atomic E-state index is 12.2. The van der Waals surface area contributed by atoms with Crippen LogP contribution in [0.4, 0.5) is 4.79 Å². The summed E-state index contributed by atoms with van der Waals surface area (Å²) in [5, 5.41) is 9.17. The van der Waals surface area contributed by atoms with E-state index in [2.05, 4.69) is 13.2 Å². The van der Waals surface area contributed by atoms with E-state index in [0.29, 0.717) is 5.06 Å². The molecule has 2 saturated heterocycles. The van der Waals surface area contributed by atoms with Gasteiger partial charge in [-0.25, -0.2) is 8.98 Å². The number of carboxylic acid groups (broad SMARTS) is 1. The minimum Gasteiger partial charge on any atom is -0.481 e. The lowest BCUT2D eigenvalue weighted by Gasteiger charge is -2.27. The number of nitrogens with two attached hydrogens (primary N) is 1. The van der Waals surface area contributed by atoms with Crippen LogP contribution in [0.3, 0.4) is 0 Å². The Bertz CT molecular complexity index is 723. The van der Waals surface area contributed by atoms with E-state index in [4.69, 9.17) is 10.8 Å². The highest BCUT2D eigenvalue weighted by Gasteiger charge is 2.49. The second kappa shape index (κ2) is 7.43. The van der Waals surface area contributed by atoms with Crippen LogP contribution in [0.2, 0.25) is 0 Å². The zero-order valence-electron chi connectivity index (χ0n) is 13.6. The fourth-order valence-electron chi connectivity index (χ4n) is 2.51. The van der Waals surface area contributed by atoms with Gasteiger partial charge >= 0.3 is 28.4 Å². The Hall–Kier alpha value is -2.45. The van der Waals surface area contributed by atoms with E-state index in [0.717, 1.165) is 11.8 Å². The molecule has 0 aromatic carbocycles. The summed E-state index contributed by atoms with van der Waals surface area (Å²) in [5.74, 6) is -4.89. The highest BCUT2D eigenvalue weighted by atomic mass is 32.3. The SMILES string of the molecule is CC(C(=O)O)C(=O)OCOS(=O)(=O)ON1C(=O)N2C[C@H]1CC[C@H]2C(N)=O. The third-order valence-electron chi connectivity index (χ3n) is 3.94. The molecule has 0 saturated carbocycles. The highest BCUT2D eigenvalue weighted by Crippen LogP contribution is 2.30. The summed E-state index contributed by atoms with van der Waals surface area (Å²) in [6, 6.07) is -2.33. The number of carboxylic acids is 1. The number of hydroxylamine groups is 2. The number of esters is 1. The van der Waals surface area contributed by atoms with Crippen LogP contribution in [0.15, 0.2) is 0 Å². The van der Waals surface area contributed by atoms with E-state index in [-0.39, 0.29) is 19.4 Å². The third-order valence-corrected chi connectivity index (χ3v) is 4.67. The van der Waals surface area contributed by atoms with Crippen LogP contribution in [0.5, 0.6) is 0 Å². The number of aliphatic carboxylic acids is 1. The Balaban J connectivity index is 1.91. The van der Waals surface area contributed by atoms with Crippen LogP contribution >= 0.6 is 0 Å². The summed E-state index contributed by atoms with van der Waals surface area (Å²) in [5.41, 5.74) is 5.20. The van der Waals surface area contributed by atoms with Crippen molar-refractivity contribution in [2.75, 3.05) is 13.3 Å². The number of nitrogens with zero attached hydrogens (tertiary/aromatic N) is 2. The number of urea groups is 1. The van der Waals surface area contributed by atoms with Crippen molar-refractivity contribution in [2.24, 2.45) is 11.7 Å². The Morgan fingerprint density at radius 1 is 1.35 bits per heavy atom. The summed E-state index contributed by atoms with van der Waals surface area (Å²) in [6.45, 7) is -0.0193. The number of fused-ring (bicyclic) bond motifs is 2. The molecule has 146 valence electrons. The van der Waals surface area contributed by atoms with Crippen LogP contribution in [-0.4, -0.2) is 72.8 Å². The Morgan fingerprint density at radius 3 is 2.58 bits per heavy atom. The molecule has 2 rings (SSSR count). The molecule has 2 bridgehead atoms. The van der Waals surface area contributed by atoms with Gasteiger partial charge in [0, 0.05) is 6.54 Å². The molecule has 0 aromatic heterocycles. The molecule has 2 aliphatic heterocycles. The second-order valence-electron chi connectivity index (χ2n) is 5.65. The Kier molecular flexibility index (Phi) is 5.68. The van der Waals surface area contributed by atoms with Gasteiger partial charge in [0.15, 0.2) is 5.92 Å². The Labute approximate surface area is 147 Å². The summed E-state index contributed by atoms with van der Waals surface area (Å²) >= 11 is 0. The first-order valence-electron chi connectivity index (χ1n) is 7.41. The van der Waals surface area contributed by atoms with Crippen LogP contribution in [0.1, 0.15) is 19.8 Å². The van der Waals surface area contributed by atoms with Crippen molar-refractivity contribution in [3.63, 3.8) is 0 Å². The van der Waals surface area contributed by atoms with Gasteiger partial charge in [0.2, 0.25) is 12.7 Å². The largest absolute Gasteiger partial charge is 0.481 e. The van der Waals surface area contributed by atoms with Crippen LogP contribution in [0, 0.1) is 5.92 Å². The van der Waals surface area contributed by atoms with Gasteiger partial charge in [0.1, 0.15) is 6.04 Å². The molecular formula is C12H17N3O10S. The van der Waals surface area contributed by atoms with Gasteiger partial charge in [0.25, 0.3) is 0 Å². The van der Waals surface area contributed by atoms with E-state index in [1.165, 1.54) is 0 Å². The van der Waals surface area contributed by atoms with E-state index >= 15 is 0 Å². The van der Waals surface area contributed by atoms with Crippen molar-refractivity contribution in [1.82, 2.24) is 9.96 Å². The van der Waals surface area contributed by atoms with Crippen LogP contribution < -0.4 is 5.73 Å². The maximum absolute atomic E-state index is 12.2. The number of primary amides is 1. The van der Waals surface area contributed by atoms with E-state index in [1.807, 2.05) is 0 Å². The molecule has 0 aromatic rings. The van der Waals surface area contributed by atoms with Gasteiger partial charge in [-0.15, -0.1) is 4.28 Å². The van der Waals surface area contributed by atoms with Crippen molar-refractivity contribution in [1.29, 1.82) is 0 Å². The molecule has 0 aliphatic carbocycles. The number of ether oxygens (including phenoxy) is 1. The first-order chi connectivity index (χ1) is 12.0. The number of amides is 3. The maximum Gasteiger partial charge on any atom is 0.424 e. The fourth-order valence-corrected chi connectivity index (χ4v) is 3.10. The molecule has 0 radical (unpaired) electrons. The molecular weight excluding hydrogens is 378 g/mol. The molecule has 13 nitrogen and oxygen atoms in total. The Morgan fingerprint density at radius 2 is 2.00 bits per heavy atom.